The fraction of sp³-hybridized carbons (Fsp3) is 0.800. The molecule has 0 saturated carbocycles. The molecule has 0 bridgehead atoms. The summed E-state index contributed by atoms with van der Waals surface area (Å²) in [5.74, 6) is 0. The van der Waals surface area contributed by atoms with Crippen molar-refractivity contribution in [3.05, 3.63) is 0 Å². The van der Waals surface area contributed by atoms with Gasteiger partial charge in [0.25, 0.3) is 0 Å². The van der Waals surface area contributed by atoms with Crippen LogP contribution < -0.4 is 5.32 Å². The van der Waals surface area contributed by atoms with Crippen molar-refractivity contribution in [3.63, 3.8) is 0 Å². The minimum absolute atomic E-state index is 0.466. The second-order valence-corrected chi connectivity index (χ2v) is 4.23. The largest absolute Gasteiger partial charge is 0.444 e. The zero-order valence-corrected chi connectivity index (χ0v) is 9.57. The molecule has 1 amide bonds. The maximum absolute atomic E-state index is 11.3. The molecule has 0 saturated heterocycles. The Kier molecular flexibility index (Phi) is 5.09. The molecule has 5 nitrogen and oxygen atoms in total. The van der Waals surface area contributed by atoms with E-state index in [9.17, 15) is 9.90 Å². The number of carbonyl (C=O) groups excluding carboxylic acids is 1. The maximum atomic E-state index is 11.3. The van der Waals surface area contributed by atoms with Crippen molar-refractivity contribution >= 4 is 6.09 Å². The highest BCUT2D eigenvalue weighted by molar-refractivity contribution is 5.68. The number of aliphatic hydroxyl groups excluding tert-OH is 1. The van der Waals surface area contributed by atoms with Crippen LogP contribution in [0, 0.1) is 11.3 Å². The molecule has 0 rings (SSSR count). The first kappa shape index (κ1) is 13.7. The summed E-state index contributed by atoms with van der Waals surface area (Å²) in [6.45, 7) is 7.00. The van der Waals surface area contributed by atoms with Gasteiger partial charge in [-0.05, 0) is 27.2 Å². The van der Waals surface area contributed by atoms with E-state index >= 15 is 0 Å². The van der Waals surface area contributed by atoms with Crippen molar-refractivity contribution in [2.75, 3.05) is 0 Å². The van der Waals surface area contributed by atoms with Crippen LogP contribution in [0.4, 0.5) is 4.79 Å². The van der Waals surface area contributed by atoms with Gasteiger partial charge in [-0.25, -0.2) is 4.79 Å². The highest BCUT2D eigenvalue weighted by Crippen LogP contribution is 2.07. The van der Waals surface area contributed by atoms with E-state index in [1.165, 1.54) is 0 Å². The molecule has 0 aliphatic carbocycles. The number of aliphatic hydroxyl groups is 1. The molecule has 2 unspecified atom stereocenters. The molecule has 2 N–H and O–H groups in total. The van der Waals surface area contributed by atoms with E-state index in [0.29, 0.717) is 6.42 Å². The smallest absolute Gasteiger partial charge is 0.407 e. The van der Waals surface area contributed by atoms with Crippen LogP contribution in [-0.2, 0) is 4.74 Å². The lowest BCUT2D eigenvalue weighted by molar-refractivity contribution is 0.0456. The van der Waals surface area contributed by atoms with Crippen molar-refractivity contribution in [1.29, 1.82) is 5.26 Å². The average Bonchev–Trinajstić information content (AvgIpc) is 2.10. The van der Waals surface area contributed by atoms with Gasteiger partial charge in [0.15, 0.2) is 6.10 Å². The molecule has 86 valence electrons. The molecule has 0 aromatic carbocycles. The van der Waals surface area contributed by atoms with Crippen molar-refractivity contribution in [2.24, 2.45) is 0 Å². The van der Waals surface area contributed by atoms with E-state index < -0.39 is 23.8 Å². The van der Waals surface area contributed by atoms with Crippen LogP contribution in [0.3, 0.4) is 0 Å². The summed E-state index contributed by atoms with van der Waals surface area (Å²) in [7, 11) is 0. The normalized spacial score (nSPS) is 14.9. The van der Waals surface area contributed by atoms with Crippen molar-refractivity contribution < 1.29 is 14.6 Å². The molecule has 5 heteroatoms. The molecule has 0 spiro atoms. The molecular formula is C10H18N2O3. The van der Waals surface area contributed by atoms with Crippen LogP contribution in [0.25, 0.3) is 0 Å². The summed E-state index contributed by atoms with van der Waals surface area (Å²) >= 11 is 0. The highest BCUT2D eigenvalue weighted by Gasteiger charge is 2.22. The van der Waals surface area contributed by atoms with Gasteiger partial charge < -0.3 is 15.2 Å². The number of nitrogens with one attached hydrogen (secondary N) is 1. The van der Waals surface area contributed by atoms with Gasteiger partial charge in [-0.2, -0.15) is 5.26 Å². The number of alkyl carbamates (subject to hydrolysis) is 1. The SMILES string of the molecule is CCC(NC(=O)OC(C)(C)C)C(O)C#N. The zero-order valence-electron chi connectivity index (χ0n) is 9.57. The lowest BCUT2D eigenvalue weighted by Crippen LogP contribution is -2.44. The van der Waals surface area contributed by atoms with Gasteiger partial charge in [0.2, 0.25) is 0 Å². The van der Waals surface area contributed by atoms with Crippen LogP contribution >= 0.6 is 0 Å². The summed E-state index contributed by atoms with van der Waals surface area (Å²) in [6, 6.07) is 1.08. The Bertz CT molecular complexity index is 252. The van der Waals surface area contributed by atoms with E-state index in [1.807, 2.05) is 0 Å². The van der Waals surface area contributed by atoms with E-state index in [4.69, 9.17) is 10.00 Å². The lowest BCUT2D eigenvalue weighted by Gasteiger charge is -2.23. The van der Waals surface area contributed by atoms with Crippen molar-refractivity contribution in [2.45, 2.75) is 51.9 Å². The number of hydrogen-bond acceptors (Lipinski definition) is 4. The van der Waals surface area contributed by atoms with E-state index in [0.717, 1.165) is 0 Å². The fourth-order valence-electron chi connectivity index (χ4n) is 0.953. The Labute approximate surface area is 90.0 Å². The predicted octanol–water partition coefficient (Wildman–Crippen LogP) is 1.17. The third-order valence-corrected chi connectivity index (χ3v) is 1.66. The average molecular weight is 214 g/mol. The Balaban J connectivity index is 4.21. The van der Waals surface area contributed by atoms with Gasteiger partial charge >= 0.3 is 6.09 Å². The number of rotatable bonds is 3. The monoisotopic (exact) mass is 214 g/mol. The zero-order chi connectivity index (χ0) is 12.1. The van der Waals surface area contributed by atoms with E-state index in [-0.39, 0.29) is 0 Å². The predicted molar refractivity (Wildman–Crippen MR) is 55.1 cm³/mol. The Morgan fingerprint density at radius 2 is 2.13 bits per heavy atom. The molecular weight excluding hydrogens is 196 g/mol. The van der Waals surface area contributed by atoms with Gasteiger partial charge in [-0.3, -0.25) is 0 Å². The van der Waals surface area contributed by atoms with Gasteiger partial charge in [0.1, 0.15) is 5.60 Å². The van der Waals surface area contributed by atoms with Crippen LogP contribution in [0.2, 0.25) is 0 Å². The van der Waals surface area contributed by atoms with Gasteiger partial charge in [-0.15, -0.1) is 0 Å². The Morgan fingerprint density at radius 1 is 1.60 bits per heavy atom. The Hall–Kier alpha value is -1.28. The number of nitriles is 1. The van der Waals surface area contributed by atoms with Crippen LogP contribution in [0.15, 0.2) is 0 Å². The minimum Gasteiger partial charge on any atom is -0.444 e. The molecule has 0 radical (unpaired) electrons. The molecule has 0 aliphatic rings. The van der Waals surface area contributed by atoms with Crippen LogP contribution in [-0.4, -0.2) is 28.9 Å². The molecule has 0 aromatic rings. The summed E-state index contributed by atoms with van der Waals surface area (Å²) in [6.07, 6.45) is -1.36. The molecule has 2 atom stereocenters. The third kappa shape index (κ3) is 5.92. The standard InChI is InChI=1S/C10H18N2O3/c1-5-7(8(13)6-11)12-9(14)15-10(2,3)4/h7-8,13H,5H2,1-4H3,(H,12,14). The van der Waals surface area contributed by atoms with Gasteiger partial charge in [0, 0.05) is 0 Å². The number of ether oxygens (including phenoxy) is 1. The first-order valence-corrected chi connectivity index (χ1v) is 4.87. The first-order chi connectivity index (χ1) is 6.80. The summed E-state index contributed by atoms with van der Waals surface area (Å²) in [5.41, 5.74) is -0.583. The molecule has 0 aromatic heterocycles. The molecule has 15 heavy (non-hydrogen) atoms. The quantitative estimate of drug-likeness (QED) is 0.691. The summed E-state index contributed by atoms with van der Waals surface area (Å²) in [5, 5.41) is 20.2. The second-order valence-electron chi connectivity index (χ2n) is 4.23. The second kappa shape index (κ2) is 5.56. The fourth-order valence-corrected chi connectivity index (χ4v) is 0.953. The van der Waals surface area contributed by atoms with Crippen molar-refractivity contribution in [1.82, 2.24) is 5.32 Å². The maximum Gasteiger partial charge on any atom is 0.407 e. The molecule has 0 aliphatic heterocycles. The highest BCUT2D eigenvalue weighted by atomic mass is 16.6. The van der Waals surface area contributed by atoms with Crippen LogP contribution in [0.5, 0.6) is 0 Å². The van der Waals surface area contributed by atoms with Gasteiger partial charge in [0.05, 0.1) is 12.1 Å². The molecule has 0 fully saturated rings. The minimum atomic E-state index is -1.21. The topological polar surface area (TPSA) is 82.3 Å². The number of hydrogen-bond donors (Lipinski definition) is 2. The van der Waals surface area contributed by atoms with E-state index in [1.54, 1.807) is 33.8 Å². The van der Waals surface area contributed by atoms with Crippen LogP contribution in [0.1, 0.15) is 34.1 Å². The van der Waals surface area contributed by atoms with E-state index in [2.05, 4.69) is 5.32 Å². The summed E-state index contributed by atoms with van der Waals surface area (Å²) < 4.78 is 4.99. The first-order valence-electron chi connectivity index (χ1n) is 4.87. The van der Waals surface area contributed by atoms with Gasteiger partial charge in [-0.1, -0.05) is 6.92 Å². The summed E-state index contributed by atoms with van der Waals surface area (Å²) in [4.78, 5) is 11.3. The molecule has 0 heterocycles. The van der Waals surface area contributed by atoms with Crippen molar-refractivity contribution in [3.8, 4) is 6.07 Å². The third-order valence-electron chi connectivity index (χ3n) is 1.66. The number of amides is 1. The Morgan fingerprint density at radius 3 is 2.47 bits per heavy atom. The number of carbonyl (C=O) groups is 1. The number of nitrogens with zero attached hydrogens (tertiary/aromatic N) is 1. The lowest BCUT2D eigenvalue weighted by atomic mass is 10.1.